The first-order chi connectivity index (χ1) is 2.41. The molecular weight excluding hydrogens is 167 g/mol. The van der Waals surface area contributed by atoms with Gasteiger partial charge in [-0.3, -0.25) is 0 Å². The van der Waals surface area contributed by atoms with Gasteiger partial charge in [-0.15, -0.1) is 0 Å². The predicted molar refractivity (Wildman–Crippen MR) is 30.2 cm³/mol. The molecule has 0 unspecified atom stereocenters. The first-order valence-corrected chi connectivity index (χ1v) is 4.65. The van der Waals surface area contributed by atoms with Gasteiger partial charge in [0.1, 0.15) is 0 Å². The smallest absolute Gasteiger partial charge is 0.171 e. The van der Waals surface area contributed by atoms with Crippen LogP contribution in [0.4, 0.5) is 0 Å². The first-order valence-electron chi connectivity index (χ1n) is 1.31. The van der Waals surface area contributed by atoms with Gasteiger partial charge in [0.25, 0.3) is 0 Å². The number of alkyl halides is 1. The fourth-order valence-electron chi connectivity index (χ4n) is 0.0357. The lowest BCUT2D eigenvalue weighted by Crippen LogP contribution is -1.73. The lowest BCUT2D eigenvalue weighted by molar-refractivity contribution is 1.53. The van der Waals surface area contributed by atoms with Crippen molar-refractivity contribution < 1.29 is 0 Å². The quantitative estimate of drug-likeness (QED) is 0.337. The van der Waals surface area contributed by atoms with E-state index in [9.17, 15) is 0 Å². The topological polar surface area (TPSA) is 0 Å². The molecule has 0 aliphatic heterocycles. The van der Waals surface area contributed by atoms with Crippen LogP contribution in [0.1, 0.15) is 0 Å². The second-order valence-electron chi connectivity index (χ2n) is 0.573. The van der Waals surface area contributed by atoms with Crippen LogP contribution in [-0.4, -0.2) is 14.2 Å². The third-order valence-corrected chi connectivity index (χ3v) is 2.32. The van der Waals surface area contributed by atoms with Crippen molar-refractivity contribution in [2.24, 2.45) is 0 Å². The summed E-state index contributed by atoms with van der Waals surface area (Å²) in [7, 11) is 0.583. The van der Waals surface area contributed by atoms with Crippen LogP contribution in [0.5, 0.6) is 0 Å². The van der Waals surface area contributed by atoms with Gasteiger partial charge in [0.2, 0.25) is 0 Å². The average Bonchev–Trinajstić information content (AvgIpc) is 1.41. The van der Waals surface area contributed by atoms with Crippen LogP contribution in [0.25, 0.3) is 0 Å². The van der Waals surface area contributed by atoms with Gasteiger partial charge in [-0.2, -0.15) is 11.1 Å². The van der Waals surface area contributed by atoms with E-state index < -0.39 is 0 Å². The van der Waals surface area contributed by atoms with Crippen molar-refractivity contribution in [2.75, 3.05) is 5.33 Å². The van der Waals surface area contributed by atoms with Crippen LogP contribution in [-0.2, 0) is 0 Å². The fraction of sp³-hybridized carbons (Fsp3) is 1.00. The molecule has 0 aromatic carbocycles. The molecule has 0 aromatic heterocycles. The Labute approximate surface area is 47.6 Å². The lowest BCUT2D eigenvalue weighted by atomic mass is 11.0. The van der Waals surface area contributed by atoms with Crippen LogP contribution < -0.4 is 0 Å². The molecule has 2 radical (unpaired) electrons. The summed E-state index contributed by atoms with van der Waals surface area (Å²) in [6.07, 6.45) is 0. The molecule has 0 aliphatic rings. The van der Waals surface area contributed by atoms with E-state index in [1.165, 1.54) is 0 Å². The Balaban J connectivity index is 2.19. The van der Waals surface area contributed by atoms with Crippen molar-refractivity contribution in [1.82, 2.24) is 0 Å². The van der Waals surface area contributed by atoms with E-state index in [2.05, 4.69) is 15.9 Å². The fourth-order valence-corrected chi connectivity index (χ4v) is 1.67. The molecule has 0 aromatic rings. The van der Waals surface area contributed by atoms with E-state index in [0.717, 1.165) is 11.4 Å². The van der Waals surface area contributed by atoms with Crippen LogP contribution in [0.15, 0.2) is 0 Å². The van der Waals surface area contributed by atoms with Gasteiger partial charge in [-0.05, 0) is 6.04 Å². The molecule has 0 aliphatic carbocycles. The van der Waals surface area contributed by atoms with Gasteiger partial charge >= 0.3 is 0 Å². The summed E-state index contributed by atoms with van der Waals surface area (Å²) in [6, 6.07) is 1.10. The summed E-state index contributed by atoms with van der Waals surface area (Å²) >= 11 is 8.53. The molecule has 0 rings (SSSR count). The minimum Gasteiger partial charge on any atom is -0.171 e. The molecule has 0 fully saturated rings. The maximum absolute atomic E-state index is 5.30. The molecule has 5 heavy (non-hydrogen) atoms. The molecule has 0 N–H and O–H groups in total. The highest BCUT2D eigenvalue weighted by molar-refractivity contribution is 9.09. The zero-order chi connectivity index (χ0) is 4.12. The van der Waals surface area contributed by atoms with Crippen molar-refractivity contribution in [3.05, 3.63) is 0 Å². The molecule has 0 spiro atoms. The number of hydrogen-bond acceptors (Lipinski definition) is 0. The van der Waals surface area contributed by atoms with Crippen molar-refractivity contribution in [3.63, 3.8) is 0 Å². The van der Waals surface area contributed by atoms with Crippen LogP contribution in [0, 0.1) is 0 Å². The molecule has 0 heterocycles. The molecule has 30 valence electrons. The molecule has 3 heteroatoms. The Kier molecular flexibility index (Phi) is 5.97. The second kappa shape index (κ2) is 4.99. The van der Waals surface area contributed by atoms with E-state index >= 15 is 0 Å². The van der Waals surface area contributed by atoms with Crippen LogP contribution >= 0.6 is 27.0 Å². The minimum atomic E-state index is 0.583. The third kappa shape index (κ3) is 4.99. The summed E-state index contributed by atoms with van der Waals surface area (Å²) in [5.41, 5.74) is 0. The SMILES string of the molecule is Cl[Si]CCBr. The van der Waals surface area contributed by atoms with Gasteiger partial charge in [0, 0.05) is 5.33 Å². The maximum Gasteiger partial charge on any atom is 0.172 e. The molecule has 0 saturated carbocycles. The number of hydrogen-bond donors (Lipinski definition) is 0. The largest absolute Gasteiger partial charge is 0.172 e. The Morgan fingerprint density at radius 2 is 2.40 bits per heavy atom. The second-order valence-corrected chi connectivity index (χ2v) is 2.93. The van der Waals surface area contributed by atoms with E-state index in [1.54, 1.807) is 0 Å². The molecule has 0 saturated heterocycles. The minimum absolute atomic E-state index is 0.583. The maximum atomic E-state index is 5.30. The van der Waals surface area contributed by atoms with Crippen LogP contribution in [0.2, 0.25) is 6.04 Å². The van der Waals surface area contributed by atoms with E-state index in [1.807, 2.05) is 0 Å². The lowest BCUT2D eigenvalue weighted by Gasteiger charge is -1.73. The van der Waals surface area contributed by atoms with Crippen molar-refractivity contribution in [1.29, 1.82) is 0 Å². The number of halogens is 2. The first kappa shape index (κ1) is 5.99. The molecule has 0 atom stereocenters. The van der Waals surface area contributed by atoms with Gasteiger partial charge in [-0.1, -0.05) is 15.9 Å². The van der Waals surface area contributed by atoms with Crippen molar-refractivity contribution >= 4 is 35.8 Å². The predicted octanol–water partition coefficient (Wildman–Crippen LogP) is 1.66. The summed E-state index contributed by atoms with van der Waals surface area (Å²) in [5.74, 6) is 0. The molecule has 0 bridgehead atoms. The summed E-state index contributed by atoms with van der Waals surface area (Å²) < 4.78 is 0. The van der Waals surface area contributed by atoms with Gasteiger partial charge < -0.3 is 0 Å². The van der Waals surface area contributed by atoms with E-state index in [-0.39, 0.29) is 0 Å². The summed E-state index contributed by atoms with van der Waals surface area (Å²) in [4.78, 5) is 0. The van der Waals surface area contributed by atoms with E-state index in [0.29, 0.717) is 8.83 Å². The molecule has 0 nitrogen and oxygen atoms in total. The van der Waals surface area contributed by atoms with Crippen LogP contribution in [0.3, 0.4) is 0 Å². The highest BCUT2D eigenvalue weighted by atomic mass is 79.9. The standard InChI is InChI=1S/C2H4BrClSi/c3-1-2-5-4/h1-2H2. The summed E-state index contributed by atoms with van der Waals surface area (Å²) in [5, 5.41) is 1.04. The zero-order valence-corrected chi connectivity index (χ0v) is 6.01. The average molecular weight is 171 g/mol. The van der Waals surface area contributed by atoms with E-state index in [4.69, 9.17) is 11.1 Å². The van der Waals surface area contributed by atoms with Crippen molar-refractivity contribution in [2.45, 2.75) is 6.04 Å². The molecular formula is C2H4BrClSi. The van der Waals surface area contributed by atoms with Gasteiger partial charge in [-0.25, -0.2) is 0 Å². The Bertz CT molecular complexity index is 17.1. The Morgan fingerprint density at radius 3 is 2.40 bits per heavy atom. The Hall–Kier alpha value is 0.987. The molecule has 0 amide bonds. The number of rotatable bonds is 2. The monoisotopic (exact) mass is 170 g/mol. The highest BCUT2D eigenvalue weighted by Crippen LogP contribution is 1.86. The Morgan fingerprint density at radius 1 is 1.80 bits per heavy atom. The van der Waals surface area contributed by atoms with Gasteiger partial charge in [0.05, 0.1) is 0 Å². The third-order valence-electron chi connectivity index (χ3n) is 0.189. The zero-order valence-electron chi connectivity index (χ0n) is 2.67. The van der Waals surface area contributed by atoms with Gasteiger partial charge in [0.15, 0.2) is 8.83 Å². The normalized spacial score (nSPS) is 8.40. The highest BCUT2D eigenvalue weighted by Gasteiger charge is 1.75. The summed E-state index contributed by atoms with van der Waals surface area (Å²) in [6.45, 7) is 0. The van der Waals surface area contributed by atoms with Crippen molar-refractivity contribution in [3.8, 4) is 0 Å².